The number of carbonyl (C=O) groups is 2. The second kappa shape index (κ2) is 24.5. The summed E-state index contributed by atoms with van der Waals surface area (Å²) < 4.78 is 5.25. The lowest BCUT2D eigenvalue weighted by molar-refractivity contribution is -0.149. The average molecular weight is 456 g/mol. The molecule has 0 aromatic heterocycles. The Bertz CT molecular complexity index is 428. The summed E-state index contributed by atoms with van der Waals surface area (Å²) >= 11 is 0. The van der Waals surface area contributed by atoms with E-state index in [9.17, 15) is 14.7 Å². The van der Waals surface area contributed by atoms with Gasteiger partial charge in [0.15, 0.2) is 0 Å². The number of carboxylic acid groups (broad SMARTS) is 1. The third-order valence-corrected chi connectivity index (χ3v) is 6.10. The smallest absolute Gasteiger partial charge is 0.321 e. The van der Waals surface area contributed by atoms with E-state index in [-0.39, 0.29) is 6.42 Å². The van der Waals surface area contributed by atoms with Crippen molar-refractivity contribution in [1.29, 1.82) is 0 Å². The van der Waals surface area contributed by atoms with Crippen molar-refractivity contribution in [3.63, 3.8) is 0 Å². The van der Waals surface area contributed by atoms with Gasteiger partial charge in [-0.2, -0.15) is 0 Å². The first-order chi connectivity index (χ1) is 15.6. The maximum Gasteiger partial charge on any atom is 0.321 e. The Morgan fingerprint density at radius 2 is 1.06 bits per heavy atom. The van der Waals surface area contributed by atoms with Gasteiger partial charge in [0.25, 0.3) is 0 Å². The van der Waals surface area contributed by atoms with Crippen LogP contribution in [0, 0.1) is 0 Å². The van der Waals surface area contributed by atoms with Crippen LogP contribution in [0.4, 0.5) is 0 Å². The minimum atomic E-state index is -0.977. The predicted molar refractivity (Wildman–Crippen MR) is 134 cm³/mol. The molecule has 1 atom stereocenters. The Hall–Kier alpha value is -1.10. The fraction of sp³-hybridized carbons (Fsp3) is 0.926. The number of nitrogens with one attached hydrogen (secondary N) is 1. The van der Waals surface area contributed by atoms with Gasteiger partial charge in [-0.05, 0) is 19.4 Å². The molecule has 2 N–H and O–H groups in total. The molecule has 0 heterocycles. The van der Waals surface area contributed by atoms with Crippen molar-refractivity contribution in [2.75, 3.05) is 13.2 Å². The van der Waals surface area contributed by atoms with Crippen LogP contribution in [0.3, 0.4) is 0 Å². The molecule has 0 aliphatic carbocycles. The minimum Gasteiger partial charge on any atom is -0.480 e. The number of ether oxygens (including phenoxy) is 1. The zero-order valence-corrected chi connectivity index (χ0v) is 21.3. The molecule has 0 fully saturated rings. The largest absolute Gasteiger partial charge is 0.480 e. The van der Waals surface area contributed by atoms with Crippen molar-refractivity contribution in [3.8, 4) is 0 Å². The lowest BCUT2D eigenvalue weighted by atomic mass is 10.1. The summed E-state index contributed by atoms with van der Waals surface area (Å²) in [5, 5.41) is 12.3. The molecule has 0 saturated carbocycles. The van der Waals surface area contributed by atoms with Crippen molar-refractivity contribution in [2.24, 2.45) is 0 Å². The number of aliphatic carboxylic acids is 1. The van der Waals surface area contributed by atoms with Crippen molar-refractivity contribution in [1.82, 2.24) is 5.32 Å². The molecule has 0 rings (SSSR count). The van der Waals surface area contributed by atoms with E-state index in [1.807, 2.05) is 0 Å². The molecule has 0 aromatic rings. The Morgan fingerprint density at radius 3 is 1.50 bits per heavy atom. The summed E-state index contributed by atoms with van der Waals surface area (Å²) in [5.41, 5.74) is 0. The van der Waals surface area contributed by atoms with E-state index >= 15 is 0 Å². The molecule has 0 aliphatic heterocycles. The van der Waals surface area contributed by atoms with Crippen molar-refractivity contribution < 1.29 is 19.4 Å². The lowest BCUT2D eigenvalue weighted by Crippen LogP contribution is -2.39. The first-order valence-corrected chi connectivity index (χ1v) is 13.7. The number of carboxylic acids is 1. The lowest BCUT2D eigenvalue weighted by Gasteiger charge is -2.14. The summed E-state index contributed by atoms with van der Waals surface area (Å²) in [6.45, 7) is 5.50. The van der Waals surface area contributed by atoms with Crippen LogP contribution in [0.1, 0.15) is 142 Å². The molecule has 0 aliphatic rings. The Morgan fingerprint density at radius 1 is 0.656 bits per heavy atom. The van der Waals surface area contributed by atoms with Crippen LogP contribution < -0.4 is 5.32 Å². The van der Waals surface area contributed by atoms with Crippen molar-refractivity contribution >= 4 is 11.9 Å². The molecular weight excluding hydrogens is 402 g/mol. The maximum absolute atomic E-state index is 12.0. The number of carbonyl (C=O) groups excluding carboxylic acids is 1. The van der Waals surface area contributed by atoms with Gasteiger partial charge < -0.3 is 15.2 Å². The van der Waals surface area contributed by atoms with Crippen LogP contribution in [0.5, 0.6) is 0 Å². The van der Waals surface area contributed by atoms with Crippen LogP contribution in [0.2, 0.25) is 0 Å². The zero-order valence-electron chi connectivity index (χ0n) is 21.3. The number of hydrogen-bond acceptors (Lipinski definition) is 4. The van der Waals surface area contributed by atoms with Crippen molar-refractivity contribution in [2.45, 2.75) is 148 Å². The van der Waals surface area contributed by atoms with E-state index in [4.69, 9.17) is 4.74 Å². The van der Waals surface area contributed by atoms with E-state index < -0.39 is 18.0 Å². The maximum atomic E-state index is 12.0. The SMILES string of the molecule is CCCCCCCCCCCCCCOC(=O)CC(NCCCCCCCCC)C(=O)O. The van der Waals surface area contributed by atoms with Gasteiger partial charge in [0.05, 0.1) is 13.0 Å². The molecule has 190 valence electrons. The molecule has 0 aromatic carbocycles. The predicted octanol–water partition coefficient (Wildman–Crippen LogP) is 7.41. The highest BCUT2D eigenvalue weighted by atomic mass is 16.5. The first-order valence-electron chi connectivity index (χ1n) is 13.7. The second-order valence-corrected chi connectivity index (χ2v) is 9.28. The van der Waals surface area contributed by atoms with Crippen LogP contribution in [-0.4, -0.2) is 36.2 Å². The Labute approximate surface area is 198 Å². The summed E-state index contributed by atoms with van der Waals surface area (Å²) in [6, 6.07) is -0.843. The summed E-state index contributed by atoms with van der Waals surface area (Å²) in [7, 11) is 0. The fourth-order valence-corrected chi connectivity index (χ4v) is 3.96. The highest BCUT2D eigenvalue weighted by Crippen LogP contribution is 2.12. The topological polar surface area (TPSA) is 75.6 Å². The molecule has 32 heavy (non-hydrogen) atoms. The molecule has 5 nitrogen and oxygen atoms in total. The highest BCUT2D eigenvalue weighted by molar-refractivity contribution is 5.81. The quantitative estimate of drug-likeness (QED) is 0.111. The van der Waals surface area contributed by atoms with Crippen LogP contribution in [0.25, 0.3) is 0 Å². The van der Waals surface area contributed by atoms with E-state index in [1.54, 1.807) is 0 Å². The molecule has 0 radical (unpaired) electrons. The number of hydrogen-bond donors (Lipinski definition) is 2. The van der Waals surface area contributed by atoms with Gasteiger partial charge in [-0.25, -0.2) is 0 Å². The minimum absolute atomic E-state index is 0.0932. The zero-order chi connectivity index (χ0) is 23.7. The van der Waals surface area contributed by atoms with Crippen molar-refractivity contribution in [3.05, 3.63) is 0 Å². The fourth-order valence-electron chi connectivity index (χ4n) is 3.96. The summed E-state index contributed by atoms with van der Waals surface area (Å²) in [4.78, 5) is 23.4. The molecular formula is C27H53NO4. The third kappa shape index (κ3) is 22.1. The number of unbranched alkanes of at least 4 members (excludes halogenated alkanes) is 17. The normalized spacial score (nSPS) is 12.1. The van der Waals surface area contributed by atoms with E-state index in [0.29, 0.717) is 13.2 Å². The monoisotopic (exact) mass is 455 g/mol. The highest BCUT2D eigenvalue weighted by Gasteiger charge is 2.21. The van der Waals surface area contributed by atoms with E-state index in [2.05, 4.69) is 19.2 Å². The Kier molecular flexibility index (Phi) is 23.7. The van der Waals surface area contributed by atoms with Gasteiger partial charge >= 0.3 is 11.9 Å². The third-order valence-electron chi connectivity index (χ3n) is 6.10. The Balaban J connectivity index is 3.57. The molecule has 0 saturated heterocycles. The van der Waals surface area contributed by atoms with E-state index in [1.165, 1.54) is 96.3 Å². The molecule has 0 amide bonds. The van der Waals surface area contributed by atoms with Gasteiger partial charge in [-0.3, -0.25) is 9.59 Å². The average Bonchev–Trinajstić information content (AvgIpc) is 2.77. The van der Waals surface area contributed by atoms with Crippen LogP contribution >= 0.6 is 0 Å². The van der Waals surface area contributed by atoms with Gasteiger partial charge in [0, 0.05) is 0 Å². The van der Waals surface area contributed by atoms with Gasteiger partial charge in [-0.15, -0.1) is 0 Å². The van der Waals surface area contributed by atoms with Gasteiger partial charge in [-0.1, -0.05) is 123 Å². The van der Waals surface area contributed by atoms with Crippen LogP contribution in [0.15, 0.2) is 0 Å². The van der Waals surface area contributed by atoms with Gasteiger partial charge in [0.1, 0.15) is 6.04 Å². The number of rotatable bonds is 25. The standard InChI is InChI=1S/C27H53NO4/c1-3-5-7-9-11-12-13-14-15-17-19-21-23-32-26(29)24-25(27(30)31)28-22-20-18-16-10-8-6-4-2/h25,28H,3-24H2,1-2H3,(H,30,31). The number of esters is 1. The molecule has 0 spiro atoms. The van der Waals surface area contributed by atoms with Gasteiger partial charge in [0.2, 0.25) is 0 Å². The molecule has 0 bridgehead atoms. The molecule has 5 heteroatoms. The van der Waals surface area contributed by atoms with Crippen LogP contribution in [-0.2, 0) is 14.3 Å². The van der Waals surface area contributed by atoms with E-state index in [0.717, 1.165) is 25.7 Å². The second-order valence-electron chi connectivity index (χ2n) is 9.28. The summed E-state index contributed by atoms with van der Waals surface area (Å²) in [5.74, 6) is -1.39. The first kappa shape index (κ1) is 30.9. The molecule has 1 unspecified atom stereocenters. The summed E-state index contributed by atoms with van der Waals surface area (Å²) in [6.07, 6.45) is 23.4.